The van der Waals surface area contributed by atoms with Crippen molar-refractivity contribution in [2.75, 3.05) is 18.1 Å². The van der Waals surface area contributed by atoms with Gasteiger partial charge in [-0.05, 0) is 59.0 Å². The maximum Gasteiger partial charge on any atom is 0.270 e. The minimum atomic E-state index is -0.486. The monoisotopic (exact) mass is 534 g/mol. The van der Waals surface area contributed by atoms with Gasteiger partial charge >= 0.3 is 0 Å². The quantitative estimate of drug-likeness (QED) is 0.104. The lowest BCUT2D eigenvalue weighted by Gasteiger charge is -2.19. The van der Waals surface area contributed by atoms with Crippen LogP contribution >= 0.6 is 24.0 Å². The Morgan fingerprint density at radius 1 is 0.919 bits per heavy atom. The first kappa shape index (κ1) is 26.4. The van der Waals surface area contributed by atoms with Gasteiger partial charge in [0.05, 0.1) is 15.5 Å². The van der Waals surface area contributed by atoms with E-state index in [-0.39, 0.29) is 17.0 Å². The molecular weight excluding hydrogens is 508 g/mol. The van der Waals surface area contributed by atoms with E-state index < -0.39 is 4.92 Å². The predicted molar refractivity (Wildman–Crippen MR) is 151 cm³/mol. The topological polar surface area (TPSA) is 81.9 Å². The minimum absolute atomic E-state index is 0.0478. The van der Waals surface area contributed by atoms with Crippen LogP contribution in [0.4, 0.5) is 11.4 Å². The molecule has 0 N–H and O–H groups in total. The molecule has 0 bridgehead atoms. The molecule has 190 valence electrons. The number of thiocarbonyl (C=S) groups is 1. The molecule has 3 aromatic rings. The maximum atomic E-state index is 12.9. The largest absolute Gasteiger partial charge is 0.490 e. The van der Waals surface area contributed by atoms with E-state index >= 15 is 0 Å². The third-order valence-electron chi connectivity index (χ3n) is 5.63. The lowest BCUT2D eigenvalue weighted by molar-refractivity contribution is -0.384. The Hall–Kier alpha value is -3.69. The molecule has 1 fully saturated rings. The number of nitrogens with zero attached hydrogens (tertiary/aromatic N) is 2. The molecule has 0 spiro atoms. The third-order valence-corrected chi connectivity index (χ3v) is 6.93. The van der Waals surface area contributed by atoms with Crippen molar-refractivity contribution in [3.05, 3.63) is 98.9 Å². The van der Waals surface area contributed by atoms with E-state index in [2.05, 4.69) is 32.9 Å². The van der Waals surface area contributed by atoms with Gasteiger partial charge in [-0.3, -0.25) is 19.8 Å². The molecular formula is C28H26N2O5S2. The molecule has 0 atom stereocenters. The highest BCUT2D eigenvalue weighted by molar-refractivity contribution is 8.27. The lowest BCUT2D eigenvalue weighted by Crippen LogP contribution is -2.27. The van der Waals surface area contributed by atoms with Crippen molar-refractivity contribution in [3.63, 3.8) is 0 Å². The summed E-state index contributed by atoms with van der Waals surface area (Å²) in [7, 11) is 0. The van der Waals surface area contributed by atoms with Crippen LogP contribution in [-0.4, -0.2) is 28.4 Å². The summed E-state index contributed by atoms with van der Waals surface area (Å²) in [6.07, 6.45) is 1.76. The molecule has 1 amide bonds. The number of nitro benzene ring substituents is 1. The van der Waals surface area contributed by atoms with Gasteiger partial charge in [0.1, 0.15) is 24.7 Å². The fourth-order valence-corrected chi connectivity index (χ4v) is 4.89. The molecule has 0 aromatic heterocycles. The molecule has 1 aliphatic heterocycles. The summed E-state index contributed by atoms with van der Waals surface area (Å²) in [4.78, 5) is 25.2. The van der Waals surface area contributed by atoms with E-state index in [0.717, 1.165) is 11.3 Å². The van der Waals surface area contributed by atoms with Crippen LogP contribution in [0.1, 0.15) is 31.9 Å². The van der Waals surface area contributed by atoms with E-state index in [9.17, 15) is 14.9 Å². The molecule has 0 saturated carbocycles. The number of thioether (sulfide) groups is 1. The maximum absolute atomic E-state index is 12.9. The fourth-order valence-electron chi connectivity index (χ4n) is 3.60. The molecule has 4 rings (SSSR count). The zero-order valence-electron chi connectivity index (χ0n) is 20.7. The zero-order valence-corrected chi connectivity index (χ0v) is 22.3. The SMILES string of the molecule is CC(C)(C)c1ccc(OCCOc2ccc(/C=C3/SC(=S)N(c4ccc([N+](=O)[O-])cc4)C3=O)cc2)cc1. The summed E-state index contributed by atoms with van der Waals surface area (Å²) in [5, 5.41) is 10.9. The Morgan fingerprint density at radius 3 is 1.97 bits per heavy atom. The van der Waals surface area contributed by atoms with E-state index in [4.69, 9.17) is 21.7 Å². The highest BCUT2D eigenvalue weighted by Crippen LogP contribution is 2.36. The predicted octanol–water partition coefficient (Wildman–Crippen LogP) is 6.76. The number of non-ortho nitro benzene ring substituents is 1. The Labute approximate surface area is 225 Å². The van der Waals surface area contributed by atoms with Gasteiger partial charge in [0, 0.05) is 12.1 Å². The van der Waals surface area contributed by atoms with E-state index in [1.54, 1.807) is 6.08 Å². The minimum Gasteiger partial charge on any atom is -0.490 e. The van der Waals surface area contributed by atoms with Gasteiger partial charge in [-0.1, -0.05) is 69.0 Å². The van der Waals surface area contributed by atoms with Gasteiger partial charge in [-0.25, -0.2) is 0 Å². The number of benzene rings is 3. The number of carbonyl (C=O) groups excluding carboxylic acids is 1. The van der Waals surface area contributed by atoms with Crippen molar-refractivity contribution < 1.29 is 19.2 Å². The van der Waals surface area contributed by atoms with E-state index in [1.807, 2.05) is 36.4 Å². The number of amides is 1. The molecule has 1 heterocycles. The summed E-state index contributed by atoms with van der Waals surface area (Å²) >= 11 is 6.57. The van der Waals surface area contributed by atoms with Crippen molar-refractivity contribution in [2.24, 2.45) is 0 Å². The van der Waals surface area contributed by atoms with Gasteiger partial charge < -0.3 is 9.47 Å². The van der Waals surface area contributed by atoms with Crippen molar-refractivity contribution >= 4 is 51.7 Å². The average molecular weight is 535 g/mol. The Balaban J connectivity index is 1.31. The number of rotatable bonds is 8. The zero-order chi connectivity index (χ0) is 26.6. The average Bonchev–Trinajstić information content (AvgIpc) is 3.15. The number of anilines is 1. The highest BCUT2D eigenvalue weighted by Gasteiger charge is 2.33. The van der Waals surface area contributed by atoms with Crippen LogP contribution in [-0.2, 0) is 10.2 Å². The van der Waals surface area contributed by atoms with Crippen LogP contribution in [0.25, 0.3) is 6.08 Å². The lowest BCUT2D eigenvalue weighted by atomic mass is 9.87. The number of nitro groups is 1. The molecule has 0 unspecified atom stereocenters. The van der Waals surface area contributed by atoms with Gasteiger partial charge in [0.25, 0.3) is 11.6 Å². The Kier molecular flexibility index (Phi) is 7.94. The summed E-state index contributed by atoms with van der Waals surface area (Å²) in [6.45, 7) is 7.34. The Morgan fingerprint density at radius 2 is 1.46 bits per heavy atom. The second-order valence-electron chi connectivity index (χ2n) is 9.33. The van der Waals surface area contributed by atoms with Crippen LogP contribution in [0.15, 0.2) is 77.7 Å². The van der Waals surface area contributed by atoms with Gasteiger partial charge in [-0.2, -0.15) is 0 Å². The molecule has 9 heteroatoms. The van der Waals surface area contributed by atoms with Crippen LogP contribution < -0.4 is 14.4 Å². The Bertz CT molecular complexity index is 1330. The van der Waals surface area contributed by atoms with E-state index in [1.165, 1.54) is 46.5 Å². The molecule has 3 aromatic carbocycles. The van der Waals surface area contributed by atoms with Crippen molar-refractivity contribution in [1.29, 1.82) is 0 Å². The number of ether oxygens (including phenoxy) is 2. The van der Waals surface area contributed by atoms with Crippen LogP contribution in [0.3, 0.4) is 0 Å². The first-order valence-electron chi connectivity index (χ1n) is 11.6. The summed E-state index contributed by atoms with van der Waals surface area (Å²) in [5.74, 6) is 1.23. The summed E-state index contributed by atoms with van der Waals surface area (Å²) in [6, 6.07) is 21.2. The van der Waals surface area contributed by atoms with Gasteiger partial charge in [-0.15, -0.1) is 0 Å². The van der Waals surface area contributed by atoms with Crippen molar-refractivity contribution in [1.82, 2.24) is 0 Å². The van der Waals surface area contributed by atoms with Crippen LogP contribution in [0.5, 0.6) is 11.5 Å². The smallest absolute Gasteiger partial charge is 0.270 e. The highest BCUT2D eigenvalue weighted by atomic mass is 32.2. The van der Waals surface area contributed by atoms with Crippen LogP contribution in [0, 0.1) is 10.1 Å². The summed E-state index contributed by atoms with van der Waals surface area (Å²) < 4.78 is 11.9. The van der Waals surface area contributed by atoms with Gasteiger partial charge in [0.15, 0.2) is 4.32 Å². The van der Waals surface area contributed by atoms with Gasteiger partial charge in [0.2, 0.25) is 0 Å². The molecule has 0 aliphatic carbocycles. The van der Waals surface area contributed by atoms with E-state index in [0.29, 0.717) is 33.9 Å². The van der Waals surface area contributed by atoms with Crippen LogP contribution in [0.2, 0.25) is 0 Å². The molecule has 1 saturated heterocycles. The van der Waals surface area contributed by atoms with Crippen molar-refractivity contribution in [3.8, 4) is 11.5 Å². The third kappa shape index (κ3) is 6.55. The number of hydrogen-bond acceptors (Lipinski definition) is 7. The first-order valence-corrected chi connectivity index (χ1v) is 12.8. The number of carbonyl (C=O) groups is 1. The normalized spacial score (nSPS) is 14.8. The molecule has 1 aliphatic rings. The number of hydrogen-bond donors (Lipinski definition) is 0. The molecule has 7 nitrogen and oxygen atoms in total. The first-order chi connectivity index (χ1) is 17.6. The van der Waals surface area contributed by atoms with Crippen molar-refractivity contribution in [2.45, 2.75) is 26.2 Å². The fraction of sp³-hybridized carbons (Fsp3) is 0.214. The second kappa shape index (κ2) is 11.1. The second-order valence-corrected chi connectivity index (χ2v) is 11.0. The summed E-state index contributed by atoms with van der Waals surface area (Å²) in [5.41, 5.74) is 2.63. The molecule has 0 radical (unpaired) electrons. The molecule has 37 heavy (non-hydrogen) atoms. The standard InChI is InChI=1S/C28H26N2O5S2/c1-28(2,3)20-6-14-24(15-7-20)35-17-16-34-23-12-4-19(5-13-23)18-25-26(31)29(27(36)37-25)21-8-10-22(11-9-21)30(32)33/h4-15,18H,16-17H2,1-3H3/b25-18+.